The second-order valence-electron chi connectivity index (χ2n) is 5.46. The molecule has 0 aliphatic heterocycles. The van der Waals surface area contributed by atoms with Gasteiger partial charge in [0.2, 0.25) is 0 Å². The number of methoxy groups -OCH3 is 1. The van der Waals surface area contributed by atoms with E-state index in [-0.39, 0.29) is 11.6 Å². The van der Waals surface area contributed by atoms with Gasteiger partial charge in [-0.2, -0.15) is 0 Å². The van der Waals surface area contributed by atoms with Crippen molar-refractivity contribution in [2.24, 2.45) is 5.84 Å². The van der Waals surface area contributed by atoms with E-state index in [1.807, 2.05) is 0 Å². The Morgan fingerprint density at radius 1 is 1.26 bits per heavy atom. The van der Waals surface area contributed by atoms with Gasteiger partial charge in [0, 0.05) is 7.11 Å². The molecule has 1 aromatic carbocycles. The zero-order chi connectivity index (χ0) is 13.9. The highest BCUT2D eigenvalue weighted by atomic mass is 16.5. The van der Waals surface area contributed by atoms with Crippen LogP contribution in [0.15, 0.2) is 18.2 Å². The Morgan fingerprint density at radius 3 is 2.53 bits per heavy atom. The van der Waals surface area contributed by atoms with Gasteiger partial charge >= 0.3 is 0 Å². The van der Waals surface area contributed by atoms with Crippen LogP contribution < -0.4 is 11.3 Å². The van der Waals surface area contributed by atoms with Gasteiger partial charge in [-0.05, 0) is 48.8 Å². The molecule has 3 heteroatoms. The molecule has 2 rings (SSSR count). The monoisotopic (exact) mass is 262 g/mol. The lowest BCUT2D eigenvalue weighted by atomic mass is 9.83. The fourth-order valence-corrected chi connectivity index (χ4v) is 3.39. The van der Waals surface area contributed by atoms with Gasteiger partial charge < -0.3 is 4.74 Å². The van der Waals surface area contributed by atoms with Crippen molar-refractivity contribution in [3.8, 4) is 0 Å². The van der Waals surface area contributed by atoms with Gasteiger partial charge in [0.05, 0.1) is 11.6 Å². The quantitative estimate of drug-likeness (QED) is 0.612. The highest BCUT2D eigenvalue weighted by Crippen LogP contribution is 2.36. The molecule has 0 spiro atoms. The minimum Gasteiger partial charge on any atom is -0.376 e. The van der Waals surface area contributed by atoms with Crippen molar-refractivity contribution in [1.29, 1.82) is 0 Å². The number of nitrogens with two attached hydrogens (primary N) is 1. The highest BCUT2D eigenvalue weighted by molar-refractivity contribution is 5.37. The lowest BCUT2D eigenvalue weighted by Crippen LogP contribution is -2.47. The van der Waals surface area contributed by atoms with Crippen LogP contribution in [0.3, 0.4) is 0 Å². The van der Waals surface area contributed by atoms with Crippen LogP contribution in [0, 0.1) is 0 Å². The number of aryl methyl sites for hydroxylation is 2. The van der Waals surface area contributed by atoms with E-state index in [0.29, 0.717) is 0 Å². The van der Waals surface area contributed by atoms with Crippen LogP contribution in [0.1, 0.15) is 55.8 Å². The summed E-state index contributed by atoms with van der Waals surface area (Å²) >= 11 is 0. The molecule has 0 amide bonds. The summed E-state index contributed by atoms with van der Waals surface area (Å²) in [5.41, 5.74) is 6.97. The summed E-state index contributed by atoms with van der Waals surface area (Å²) in [7, 11) is 1.78. The number of nitrogens with one attached hydrogen (secondary N) is 1. The molecule has 0 fully saturated rings. The molecule has 0 saturated carbocycles. The van der Waals surface area contributed by atoms with Crippen LogP contribution in [0.5, 0.6) is 0 Å². The van der Waals surface area contributed by atoms with Crippen molar-refractivity contribution in [3.63, 3.8) is 0 Å². The van der Waals surface area contributed by atoms with Crippen molar-refractivity contribution in [2.45, 2.75) is 57.6 Å². The van der Waals surface area contributed by atoms with E-state index in [9.17, 15) is 0 Å². The third-order valence-corrected chi connectivity index (χ3v) is 4.75. The molecule has 0 heterocycles. The second kappa shape index (κ2) is 6.04. The van der Waals surface area contributed by atoms with Crippen LogP contribution in [0.25, 0.3) is 0 Å². The maximum atomic E-state index is 5.83. The Hall–Kier alpha value is -0.900. The molecule has 3 N–H and O–H groups in total. The van der Waals surface area contributed by atoms with E-state index in [2.05, 4.69) is 37.5 Å². The zero-order valence-corrected chi connectivity index (χ0v) is 12.3. The Morgan fingerprint density at radius 2 is 1.95 bits per heavy atom. The fraction of sp³-hybridized carbons (Fsp3) is 0.625. The van der Waals surface area contributed by atoms with Crippen LogP contribution >= 0.6 is 0 Å². The zero-order valence-electron chi connectivity index (χ0n) is 12.3. The van der Waals surface area contributed by atoms with Crippen LogP contribution in [-0.2, 0) is 17.6 Å². The molecule has 0 bridgehead atoms. The molecule has 1 unspecified atom stereocenters. The topological polar surface area (TPSA) is 47.3 Å². The van der Waals surface area contributed by atoms with Crippen molar-refractivity contribution >= 4 is 0 Å². The first-order valence-electron chi connectivity index (χ1n) is 7.33. The van der Waals surface area contributed by atoms with E-state index in [0.717, 1.165) is 12.8 Å². The smallest absolute Gasteiger partial charge is 0.0880 e. The number of fused-ring (bicyclic) bond motifs is 1. The first-order valence-corrected chi connectivity index (χ1v) is 7.33. The third kappa shape index (κ3) is 2.55. The summed E-state index contributed by atoms with van der Waals surface area (Å²) in [6.45, 7) is 4.31. The molecule has 1 aliphatic rings. The van der Waals surface area contributed by atoms with Crippen molar-refractivity contribution in [3.05, 3.63) is 34.9 Å². The molecule has 106 valence electrons. The predicted molar refractivity (Wildman–Crippen MR) is 78.9 cm³/mol. The third-order valence-electron chi connectivity index (χ3n) is 4.75. The number of rotatable bonds is 6. The molecule has 1 aromatic rings. The van der Waals surface area contributed by atoms with Crippen molar-refractivity contribution < 1.29 is 4.74 Å². The highest BCUT2D eigenvalue weighted by Gasteiger charge is 2.36. The maximum absolute atomic E-state index is 5.83. The Labute approximate surface area is 116 Å². The summed E-state index contributed by atoms with van der Waals surface area (Å²) in [6.07, 6.45) is 5.56. The first-order chi connectivity index (χ1) is 9.20. The molecule has 1 atom stereocenters. The average molecular weight is 262 g/mol. The number of hydrogen-bond acceptors (Lipinski definition) is 3. The molecular weight excluding hydrogens is 236 g/mol. The SMILES string of the molecule is CCC(CC)(OC)C(NN)c1ccc2c(c1)CCC2. The lowest BCUT2D eigenvalue weighted by Gasteiger charge is -2.38. The standard InChI is InChI=1S/C16H26N2O/c1-4-16(5-2,19-3)15(18-17)14-10-9-12-7-6-8-13(12)11-14/h9-11,15,18H,4-8,17H2,1-3H3. The molecule has 0 aromatic heterocycles. The first kappa shape index (κ1) is 14.5. The molecular formula is C16H26N2O. The van der Waals surface area contributed by atoms with Gasteiger partial charge in [-0.3, -0.25) is 11.3 Å². The van der Waals surface area contributed by atoms with Gasteiger partial charge in [0.15, 0.2) is 0 Å². The van der Waals surface area contributed by atoms with Crippen molar-refractivity contribution in [1.82, 2.24) is 5.43 Å². The predicted octanol–water partition coefficient (Wildman–Crippen LogP) is 2.88. The molecule has 19 heavy (non-hydrogen) atoms. The summed E-state index contributed by atoms with van der Waals surface area (Å²) < 4.78 is 5.82. The summed E-state index contributed by atoms with van der Waals surface area (Å²) in [5, 5.41) is 0. The van der Waals surface area contributed by atoms with Gasteiger partial charge in [-0.25, -0.2) is 0 Å². The van der Waals surface area contributed by atoms with E-state index < -0.39 is 0 Å². The summed E-state index contributed by atoms with van der Waals surface area (Å²) in [4.78, 5) is 0. The molecule has 0 saturated heterocycles. The van der Waals surface area contributed by atoms with Gasteiger partial charge in [-0.15, -0.1) is 0 Å². The van der Waals surface area contributed by atoms with E-state index >= 15 is 0 Å². The Balaban J connectivity index is 2.36. The minimum absolute atomic E-state index is 0.0402. The van der Waals surface area contributed by atoms with Gasteiger partial charge in [-0.1, -0.05) is 32.0 Å². The van der Waals surface area contributed by atoms with E-state index in [1.165, 1.54) is 36.0 Å². The second-order valence-corrected chi connectivity index (χ2v) is 5.46. The van der Waals surface area contributed by atoms with Crippen molar-refractivity contribution in [2.75, 3.05) is 7.11 Å². The fourth-order valence-electron chi connectivity index (χ4n) is 3.39. The van der Waals surface area contributed by atoms with E-state index in [4.69, 9.17) is 10.6 Å². The normalized spacial score (nSPS) is 16.4. The van der Waals surface area contributed by atoms with E-state index in [1.54, 1.807) is 7.11 Å². The van der Waals surface area contributed by atoms with Crippen LogP contribution in [-0.4, -0.2) is 12.7 Å². The van der Waals surface area contributed by atoms with Crippen LogP contribution in [0.2, 0.25) is 0 Å². The minimum atomic E-state index is -0.235. The number of benzene rings is 1. The van der Waals surface area contributed by atoms with Crippen LogP contribution in [0.4, 0.5) is 0 Å². The number of ether oxygens (including phenoxy) is 1. The Bertz CT molecular complexity index is 418. The largest absolute Gasteiger partial charge is 0.376 e. The number of hydrogen-bond donors (Lipinski definition) is 2. The maximum Gasteiger partial charge on any atom is 0.0880 e. The van der Waals surface area contributed by atoms with Gasteiger partial charge in [0.25, 0.3) is 0 Å². The number of hydrazine groups is 1. The summed E-state index contributed by atoms with van der Waals surface area (Å²) in [6, 6.07) is 6.81. The van der Waals surface area contributed by atoms with Gasteiger partial charge in [0.1, 0.15) is 0 Å². The summed E-state index contributed by atoms with van der Waals surface area (Å²) in [5.74, 6) is 5.83. The average Bonchev–Trinajstić information content (AvgIpc) is 2.92. The Kier molecular flexibility index (Phi) is 4.61. The molecule has 0 radical (unpaired) electrons. The molecule has 1 aliphatic carbocycles. The molecule has 3 nitrogen and oxygen atoms in total. The lowest BCUT2D eigenvalue weighted by molar-refractivity contribution is -0.0486.